The standard InChI is InChI=1S/C15H19BrO2/c1-8-6-9-10(13(8)17)7-11(15(2,3)4)14(18-5)12(9)16/h7-8H,6H2,1-5H3. The van der Waals surface area contributed by atoms with Gasteiger partial charge in [0.15, 0.2) is 5.78 Å². The quantitative estimate of drug-likeness (QED) is 0.779. The molecule has 0 saturated heterocycles. The summed E-state index contributed by atoms with van der Waals surface area (Å²) < 4.78 is 6.49. The summed E-state index contributed by atoms with van der Waals surface area (Å²) in [4.78, 5) is 12.2. The minimum absolute atomic E-state index is 0.0466. The first-order chi connectivity index (χ1) is 8.27. The Kier molecular flexibility index (Phi) is 3.30. The second kappa shape index (κ2) is 4.37. The maximum atomic E-state index is 12.2. The molecule has 0 N–H and O–H groups in total. The van der Waals surface area contributed by atoms with Crippen LogP contribution in [0.25, 0.3) is 0 Å². The average Bonchev–Trinajstić information content (AvgIpc) is 2.55. The lowest BCUT2D eigenvalue weighted by molar-refractivity contribution is 0.0946. The Balaban J connectivity index is 2.73. The van der Waals surface area contributed by atoms with Crippen molar-refractivity contribution in [1.29, 1.82) is 0 Å². The van der Waals surface area contributed by atoms with Crippen molar-refractivity contribution in [2.75, 3.05) is 7.11 Å². The number of fused-ring (bicyclic) bond motifs is 1. The zero-order chi connectivity index (χ0) is 13.7. The summed E-state index contributed by atoms with van der Waals surface area (Å²) >= 11 is 3.61. The van der Waals surface area contributed by atoms with E-state index >= 15 is 0 Å². The van der Waals surface area contributed by atoms with Gasteiger partial charge in [0.2, 0.25) is 0 Å². The summed E-state index contributed by atoms with van der Waals surface area (Å²) in [6, 6.07) is 2.02. The van der Waals surface area contributed by atoms with Crippen LogP contribution < -0.4 is 4.74 Å². The summed E-state index contributed by atoms with van der Waals surface area (Å²) in [5.74, 6) is 1.19. The molecular formula is C15H19BrO2. The Hall–Kier alpha value is -0.830. The fourth-order valence-electron chi connectivity index (χ4n) is 2.51. The lowest BCUT2D eigenvalue weighted by atomic mass is 9.84. The summed E-state index contributed by atoms with van der Waals surface area (Å²) in [6.07, 6.45) is 0.801. The highest BCUT2D eigenvalue weighted by Crippen LogP contribution is 2.44. The van der Waals surface area contributed by atoms with E-state index in [1.165, 1.54) is 0 Å². The van der Waals surface area contributed by atoms with E-state index in [9.17, 15) is 4.79 Å². The maximum Gasteiger partial charge on any atom is 0.166 e. The van der Waals surface area contributed by atoms with Crippen LogP contribution in [0.2, 0.25) is 0 Å². The number of carbonyl (C=O) groups excluding carboxylic acids is 1. The van der Waals surface area contributed by atoms with Crippen molar-refractivity contribution in [3.05, 3.63) is 27.2 Å². The summed E-state index contributed by atoms with van der Waals surface area (Å²) in [5, 5.41) is 0. The lowest BCUT2D eigenvalue weighted by Gasteiger charge is -2.24. The highest BCUT2D eigenvalue weighted by molar-refractivity contribution is 9.10. The second-order valence-electron chi connectivity index (χ2n) is 6.02. The molecule has 98 valence electrons. The SMILES string of the molecule is COc1c(C(C)(C)C)cc2c(c1Br)CC(C)C2=O. The van der Waals surface area contributed by atoms with Gasteiger partial charge in [-0.1, -0.05) is 27.7 Å². The fourth-order valence-corrected chi connectivity index (χ4v) is 3.26. The van der Waals surface area contributed by atoms with Crippen LogP contribution in [0.4, 0.5) is 0 Å². The number of methoxy groups -OCH3 is 1. The van der Waals surface area contributed by atoms with Crippen molar-refractivity contribution in [3.8, 4) is 5.75 Å². The smallest absolute Gasteiger partial charge is 0.166 e. The van der Waals surface area contributed by atoms with E-state index in [0.29, 0.717) is 0 Å². The summed E-state index contributed by atoms with van der Waals surface area (Å²) in [6.45, 7) is 8.38. The molecule has 0 aliphatic heterocycles. The molecule has 1 aliphatic rings. The minimum atomic E-state index is -0.0466. The molecule has 0 amide bonds. The van der Waals surface area contributed by atoms with Crippen LogP contribution >= 0.6 is 15.9 Å². The highest BCUT2D eigenvalue weighted by atomic mass is 79.9. The van der Waals surface area contributed by atoms with E-state index in [1.54, 1.807) is 7.11 Å². The van der Waals surface area contributed by atoms with Gasteiger partial charge in [0.05, 0.1) is 11.6 Å². The maximum absolute atomic E-state index is 12.2. The number of ketones is 1. The number of halogens is 1. The molecular weight excluding hydrogens is 292 g/mol. The largest absolute Gasteiger partial charge is 0.495 e. The molecule has 1 atom stereocenters. The van der Waals surface area contributed by atoms with Gasteiger partial charge in [-0.2, -0.15) is 0 Å². The Bertz CT molecular complexity index is 512. The van der Waals surface area contributed by atoms with E-state index in [-0.39, 0.29) is 17.1 Å². The third-order valence-corrected chi connectivity index (χ3v) is 4.40. The minimum Gasteiger partial charge on any atom is -0.495 e. The van der Waals surface area contributed by atoms with Gasteiger partial charge in [0.25, 0.3) is 0 Å². The number of hydrogen-bond donors (Lipinski definition) is 0. The molecule has 2 rings (SSSR count). The van der Waals surface area contributed by atoms with Gasteiger partial charge in [-0.05, 0) is 39.4 Å². The van der Waals surface area contributed by atoms with E-state index < -0.39 is 0 Å². The number of rotatable bonds is 1. The molecule has 0 bridgehead atoms. The zero-order valence-corrected chi connectivity index (χ0v) is 13.1. The number of hydrogen-bond acceptors (Lipinski definition) is 2. The molecule has 18 heavy (non-hydrogen) atoms. The van der Waals surface area contributed by atoms with Crippen molar-refractivity contribution in [2.24, 2.45) is 5.92 Å². The summed E-state index contributed by atoms with van der Waals surface area (Å²) in [5.41, 5.74) is 2.99. The van der Waals surface area contributed by atoms with Crippen molar-refractivity contribution in [2.45, 2.75) is 39.5 Å². The molecule has 1 aromatic carbocycles. The monoisotopic (exact) mass is 310 g/mol. The molecule has 0 heterocycles. The van der Waals surface area contributed by atoms with E-state index in [1.807, 2.05) is 13.0 Å². The van der Waals surface area contributed by atoms with Crippen LogP contribution in [0, 0.1) is 5.92 Å². The van der Waals surface area contributed by atoms with E-state index in [0.717, 1.165) is 33.3 Å². The van der Waals surface area contributed by atoms with Gasteiger partial charge in [-0.15, -0.1) is 0 Å². The van der Waals surface area contributed by atoms with E-state index in [4.69, 9.17) is 4.74 Å². The van der Waals surface area contributed by atoms with Crippen LogP contribution in [-0.2, 0) is 11.8 Å². The Morgan fingerprint density at radius 3 is 2.50 bits per heavy atom. The second-order valence-corrected chi connectivity index (χ2v) is 6.81. The van der Waals surface area contributed by atoms with Gasteiger partial charge < -0.3 is 4.74 Å². The molecule has 0 radical (unpaired) electrons. The predicted octanol–water partition coefficient (Wildman–Crippen LogP) is 4.13. The zero-order valence-electron chi connectivity index (χ0n) is 11.6. The first-order valence-corrected chi connectivity index (χ1v) is 7.00. The van der Waals surface area contributed by atoms with Crippen LogP contribution in [0.5, 0.6) is 5.75 Å². The lowest BCUT2D eigenvalue weighted by Crippen LogP contribution is -2.15. The Labute approximate surface area is 117 Å². The topological polar surface area (TPSA) is 26.3 Å². The van der Waals surface area contributed by atoms with Gasteiger partial charge >= 0.3 is 0 Å². The number of ether oxygens (including phenoxy) is 1. The van der Waals surface area contributed by atoms with Crippen LogP contribution in [0.3, 0.4) is 0 Å². The van der Waals surface area contributed by atoms with Crippen molar-refractivity contribution < 1.29 is 9.53 Å². The molecule has 0 saturated carbocycles. The van der Waals surface area contributed by atoms with Gasteiger partial charge in [0, 0.05) is 17.0 Å². The van der Waals surface area contributed by atoms with Gasteiger partial charge in [-0.3, -0.25) is 4.79 Å². The number of carbonyl (C=O) groups is 1. The first kappa shape index (κ1) is 13.6. The highest BCUT2D eigenvalue weighted by Gasteiger charge is 2.33. The van der Waals surface area contributed by atoms with Crippen LogP contribution in [-0.4, -0.2) is 12.9 Å². The predicted molar refractivity (Wildman–Crippen MR) is 76.6 cm³/mol. The molecule has 0 fully saturated rings. The van der Waals surface area contributed by atoms with Crippen molar-refractivity contribution in [3.63, 3.8) is 0 Å². The molecule has 2 nitrogen and oxygen atoms in total. The summed E-state index contributed by atoms with van der Waals surface area (Å²) in [7, 11) is 1.68. The van der Waals surface area contributed by atoms with Gasteiger partial charge in [-0.25, -0.2) is 0 Å². The van der Waals surface area contributed by atoms with Gasteiger partial charge in [0.1, 0.15) is 5.75 Å². The molecule has 0 spiro atoms. The Morgan fingerprint density at radius 1 is 1.39 bits per heavy atom. The van der Waals surface area contributed by atoms with Crippen LogP contribution in [0.15, 0.2) is 10.5 Å². The normalized spacial score (nSPS) is 19.0. The Morgan fingerprint density at radius 2 is 2.00 bits per heavy atom. The van der Waals surface area contributed by atoms with Crippen LogP contribution in [0.1, 0.15) is 49.2 Å². The molecule has 1 unspecified atom stereocenters. The molecule has 1 aliphatic carbocycles. The van der Waals surface area contributed by atoms with E-state index in [2.05, 4.69) is 36.7 Å². The third-order valence-electron chi connectivity index (χ3n) is 3.56. The number of Topliss-reactive ketones (excluding diaryl/α,β-unsaturated/α-hetero) is 1. The third kappa shape index (κ3) is 1.99. The fraction of sp³-hybridized carbons (Fsp3) is 0.533. The molecule has 0 aromatic heterocycles. The average molecular weight is 311 g/mol. The molecule has 1 aromatic rings. The number of benzene rings is 1. The first-order valence-electron chi connectivity index (χ1n) is 6.21. The van der Waals surface area contributed by atoms with Crippen molar-refractivity contribution in [1.82, 2.24) is 0 Å². The van der Waals surface area contributed by atoms with Crippen molar-refractivity contribution >= 4 is 21.7 Å². The molecule has 3 heteroatoms.